The van der Waals surface area contributed by atoms with E-state index in [9.17, 15) is 9.90 Å². The number of rotatable bonds is 2. The highest BCUT2D eigenvalue weighted by Crippen LogP contribution is 2.40. The first-order valence-corrected chi connectivity index (χ1v) is 8.59. The van der Waals surface area contributed by atoms with Crippen molar-refractivity contribution in [3.05, 3.63) is 58.9 Å². The first kappa shape index (κ1) is 16.9. The molecule has 6 nitrogen and oxygen atoms in total. The van der Waals surface area contributed by atoms with Crippen molar-refractivity contribution in [3.63, 3.8) is 0 Å². The number of hydrogen-bond donors (Lipinski definition) is 3. The Labute approximate surface area is 156 Å². The second-order valence-electron chi connectivity index (χ2n) is 6.84. The second kappa shape index (κ2) is 5.74. The van der Waals surface area contributed by atoms with E-state index in [0.717, 1.165) is 33.1 Å². The van der Waals surface area contributed by atoms with Gasteiger partial charge in [-0.15, -0.1) is 0 Å². The van der Waals surface area contributed by atoms with Gasteiger partial charge in [-0.05, 0) is 55.5 Å². The predicted octanol–water partition coefficient (Wildman–Crippen LogP) is 3.49. The Morgan fingerprint density at radius 2 is 1.85 bits per heavy atom. The van der Waals surface area contributed by atoms with Crippen LogP contribution in [0.3, 0.4) is 0 Å². The number of amides is 1. The lowest BCUT2D eigenvalue weighted by Crippen LogP contribution is -2.14. The molecule has 0 radical (unpaired) electrons. The number of nitrogens with two attached hydrogens (primary N) is 2. The van der Waals surface area contributed by atoms with Gasteiger partial charge < -0.3 is 16.6 Å². The van der Waals surface area contributed by atoms with Crippen LogP contribution in [0.5, 0.6) is 5.75 Å². The molecule has 136 valence electrons. The Balaban J connectivity index is 2.30. The van der Waals surface area contributed by atoms with Crippen LogP contribution in [-0.2, 0) is 0 Å². The zero-order valence-corrected chi connectivity index (χ0v) is 15.4. The minimum atomic E-state index is -0.597. The molecule has 0 atom stereocenters. The highest BCUT2D eigenvalue weighted by atomic mass is 16.3. The van der Waals surface area contributed by atoms with Gasteiger partial charge in [0.05, 0.1) is 16.8 Å². The molecule has 6 heteroatoms. The summed E-state index contributed by atoms with van der Waals surface area (Å²) >= 11 is 0. The van der Waals surface area contributed by atoms with Gasteiger partial charge in [0.25, 0.3) is 5.91 Å². The van der Waals surface area contributed by atoms with Gasteiger partial charge in [-0.25, -0.2) is 0 Å². The number of anilines is 1. The molecule has 5 N–H and O–H groups in total. The topological polar surface area (TPSA) is 107 Å². The van der Waals surface area contributed by atoms with E-state index in [1.807, 2.05) is 39.0 Å². The van der Waals surface area contributed by atoms with Gasteiger partial charge in [-0.1, -0.05) is 6.07 Å². The summed E-state index contributed by atoms with van der Waals surface area (Å²) in [6.45, 7) is 5.76. The zero-order chi connectivity index (χ0) is 19.5. The number of aromatic hydroxyl groups is 1. The number of nitrogen functional groups attached to an aromatic ring is 1. The summed E-state index contributed by atoms with van der Waals surface area (Å²) in [4.78, 5) is 16.5. The van der Waals surface area contributed by atoms with Crippen LogP contribution < -0.4 is 11.5 Å². The monoisotopic (exact) mass is 360 g/mol. The molecule has 2 aromatic heterocycles. The van der Waals surface area contributed by atoms with Crippen molar-refractivity contribution in [3.8, 4) is 11.4 Å². The SMILES string of the molecule is Cc1ccc(O)c(C)c1-n1c(N)c(C(N)=O)c2c3cnccc3c(C)cc21. The van der Waals surface area contributed by atoms with E-state index in [1.165, 1.54) is 0 Å². The Morgan fingerprint density at radius 1 is 1.11 bits per heavy atom. The number of pyridine rings is 1. The molecule has 4 rings (SSSR count). The van der Waals surface area contributed by atoms with Gasteiger partial charge in [-0.2, -0.15) is 0 Å². The maximum atomic E-state index is 12.3. The lowest BCUT2D eigenvalue weighted by atomic mass is 10.0. The Morgan fingerprint density at radius 3 is 2.56 bits per heavy atom. The lowest BCUT2D eigenvalue weighted by Gasteiger charge is -2.16. The standard InChI is InChI=1S/C21H20N4O2/c1-10-4-5-16(26)12(3)19(10)25-15-8-11(2)13-6-7-24-9-14(13)17(15)18(20(25)22)21(23)27/h4-9,26H,22H2,1-3H3,(H2,23,27). The van der Waals surface area contributed by atoms with Gasteiger partial charge in [0.2, 0.25) is 0 Å². The van der Waals surface area contributed by atoms with Gasteiger partial charge in [-0.3, -0.25) is 14.3 Å². The third-order valence-electron chi connectivity index (χ3n) is 5.19. The number of phenolic OH excluding ortho intramolecular Hbond substituents is 1. The predicted molar refractivity (Wildman–Crippen MR) is 107 cm³/mol. The summed E-state index contributed by atoms with van der Waals surface area (Å²) in [5.74, 6) is -0.178. The van der Waals surface area contributed by atoms with Crippen LogP contribution in [0.25, 0.3) is 27.4 Å². The normalized spacial score (nSPS) is 11.4. The van der Waals surface area contributed by atoms with Crippen molar-refractivity contribution in [2.45, 2.75) is 20.8 Å². The number of hydrogen-bond acceptors (Lipinski definition) is 4. The second-order valence-corrected chi connectivity index (χ2v) is 6.84. The molecule has 1 amide bonds. The molecule has 4 aromatic rings. The number of carbonyl (C=O) groups excluding carboxylic acids is 1. The quantitative estimate of drug-likeness (QED) is 0.508. The van der Waals surface area contributed by atoms with Crippen molar-refractivity contribution >= 4 is 33.4 Å². The summed E-state index contributed by atoms with van der Waals surface area (Å²) in [6.07, 6.45) is 3.44. The van der Waals surface area contributed by atoms with Crippen molar-refractivity contribution < 1.29 is 9.90 Å². The molecule has 2 heterocycles. The summed E-state index contributed by atoms with van der Waals surface area (Å²) in [6, 6.07) is 7.37. The van der Waals surface area contributed by atoms with E-state index in [-0.39, 0.29) is 17.1 Å². The molecule has 0 aliphatic heterocycles. The largest absolute Gasteiger partial charge is 0.508 e. The van der Waals surface area contributed by atoms with Gasteiger partial charge in [0.15, 0.2) is 0 Å². The molecule has 0 saturated carbocycles. The number of aromatic nitrogens is 2. The minimum Gasteiger partial charge on any atom is -0.508 e. The molecule has 2 aromatic carbocycles. The van der Waals surface area contributed by atoms with Crippen molar-refractivity contribution in [2.75, 3.05) is 5.73 Å². The number of fused-ring (bicyclic) bond motifs is 3. The third-order valence-corrected chi connectivity index (χ3v) is 5.19. The first-order chi connectivity index (χ1) is 12.8. The Hall–Kier alpha value is -3.54. The van der Waals surface area contributed by atoms with E-state index in [0.29, 0.717) is 10.9 Å². The molecule has 0 fully saturated rings. The van der Waals surface area contributed by atoms with Gasteiger partial charge in [0.1, 0.15) is 11.6 Å². The van der Waals surface area contributed by atoms with Crippen molar-refractivity contribution in [1.82, 2.24) is 9.55 Å². The van der Waals surface area contributed by atoms with Crippen LogP contribution in [0.15, 0.2) is 36.7 Å². The minimum absolute atomic E-state index is 0.164. The highest BCUT2D eigenvalue weighted by molar-refractivity contribution is 6.21. The fraction of sp³-hybridized carbons (Fsp3) is 0.143. The molecule has 0 unspecified atom stereocenters. The summed E-state index contributed by atoms with van der Waals surface area (Å²) < 4.78 is 1.80. The first-order valence-electron chi connectivity index (χ1n) is 8.59. The molecule has 0 saturated heterocycles. The number of benzene rings is 2. The number of phenols is 1. The van der Waals surface area contributed by atoms with E-state index in [2.05, 4.69) is 4.98 Å². The summed E-state index contributed by atoms with van der Waals surface area (Å²) in [7, 11) is 0. The molecule has 0 aliphatic rings. The molecular formula is C21H20N4O2. The van der Waals surface area contributed by atoms with Crippen LogP contribution in [0, 0.1) is 20.8 Å². The fourth-order valence-electron chi connectivity index (χ4n) is 3.90. The number of aryl methyl sites for hydroxylation is 2. The Kier molecular flexibility index (Phi) is 3.59. The number of primary amides is 1. The maximum Gasteiger partial charge on any atom is 0.253 e. The average molecular weight is 360 g/mol. The van der Waals surface area contributed by atoms with Gasteiger partial charge in [0, 0.05) is 28.7 Å². The van der Waals surface area contributed by atoms with Crippen LogP contribution in [0.4, 0.5) is 5.82 Å². The molecule has 0 spiro atoms. The molecule has 0 bridgehead atoms. The highest BCUT2D eigenvalue weighted by Gasteiger charge is 2.24. The third kappa shape index (κ3) is 2.26. The molecule has 0 aliphatic carbocycles. The van der Waals surface area contributed by atoms with Crippen LogP contribution in [0.1, 0.15) is 27.0 Å². The summed E-state index contributed by atoms with van der Waals surface area (Å²) in [5, 5.41) is 12.7. The van der Waals surface area contributed by atoms with E-state index < -0.39 is 5.91 Å². The summed E-state index contributed by atoms with van der Waals surface area (Å²) in [5.41, 5.74) is 16.6. The maximum absolute atomic E-state index is 12.3. The smallest absolute Gasteiger partial charge is 0.253 e. The fourth-order valence-corrected chi connectivity index (χ4v) is 3.90. The number of nitrogens with zero attached hydrogens (tertiary/aromatic N) is 2. The Bertz CT molecular complexity index is 1250. The average Bonchev–Trinajstić information content (AvgIpc) is 2.92. The number of carbonyl (C=O) groups is 1. The zero-order valence-electron chi connectivity index (χ0n) is 15.4. The van der Waals surface area contributed by atoms with E-state index in [1.54, 1.807) is 23.0 Å². The van der Waals surface area contributed by atoms with E-state index >= 15 is 0 Å². The molecular weight excluding hydrogens is 340 g/mol. The van der Waals surface area contributed by atoms with Crippen LogP contribution >= 0.6 is 0 Å². The molecule has 27 heavy (non-hydrogen) atoms. The van der Waals surface area contributed by atoms with Crippen LogP contribution in [0.2, 0.25) is 0 Å². The van der Waals surface area contributed by atoms with E-state index in [4.69, 9.17) is 11.5 Å². The van der Waals surface area contributed by atoms with Crippen molar-refractivity contribution in [1.29, 1.82) is 0 Å². The van der Waals surface area contributed by atoms with Crippen molar-refractivity contribution in [2.24, 2.45) is 5.73 Å². The lowest BCUT2D eigenvalue weighted by molar-refractivity contribution is 0.100. The van der Waals surface area contributed by atoms with Crippen LogP contribution in [-0.4, -0.2) is 20.6 Å². The van der Waals surface area contributed by atoms with Gasteiger partial charge >= 0.3 is 0 Å².